The number of aryl methyl sites for hydroxylation is 2. The second-order valence-electron chi connectivity index (χ2n) is 6.19. The van der Waals surface area contributed by atoms with Crippen LogP contribution in [0.2, 0.25) is 0 Å². The lowest BCUT2D eigenvalue weighted by Gasteiger charge is -2.26. The highest BCUT2D eigenvalue weighted by atomic mass is 16.5. The number of esters is 1. The molecular formula is C18H24N4O2. The molecule has 1 saturated heterocycles. The first kappa shape index (κ1) is 16.5. The number of anilines is 1. The first-order valence-corrected chi connectivity index (χ1v) is 8.42. The van der Waals surface area contributed by atoms with Gasteiger partial charge in [-0.1, -0.05) is 0 Å². The number of hydrogen-bond acceptors (Lipinski definition) is 5. The summed E-state index contributed by atoms with van der Waals surface area (Å²) in [5.74, 6) is 0.571. The molecule has 0 saturated carbocycles. The maximum atomic E-state index is 11.8. The molecule has 2 aromatic heterocycles. The largest absolute Gasteiger partial charge is 0.462 e. The van der Waals surface area contributed by atoms with Gasteiger partial charge in [0, 0.05) is 31.0 Å². The fourth-order valence-corrected chi connectivity index (χ4v) is 3.50. The van der Waals surface area contributed by atoms with Crippen LogP contribution in [0.5, 0.6) is 0 Å². The van der Waals surface area contributed by atoms with Gasteiger partial charge in [-0.05, 0) is 45.7 Å². The molecule has 0 amide bonds. The minimum absolute atomic E-state index is 0.291. The summed E-state index contributed by atoms with van der Waals surface area (Å²) in [6, 6.07) is 3.99. The zero-order valence-corrected chi connectivity index (χ0v) is 14.7. The Morgan fingerprint density at radius 1 is 1.38 bits per heavy atom. The molecule has 0 N–H and O–H groups in total. The highest BCUT2D eigenvalue weighted by molar-refractivity contribution is 5.89. The van der Waals surface area contributed by atoms with Crippen molar-refractivity contribution in [2.75, 3.05) is 18.1 Å². The maximum Gasteiger partial charge on any atom is 0.339 e. The second kappa shape index (κ2) is 6.63. The van der Waals surface area contributed by atoms with Gasteiger partial charge in [0.25, 0.3) is 0 Å². The average Bonchev–Trinajstić information content (AvgIpc) is 3.13. The molecule has 6 heteroatoms. The van der Waals surface area contributed by atoms with E-state index in [-0.39, 0.29) is 5.97 Å². The van der Waals surface area contributed by atoms with Crippen LogP contribution >= 0.6 is 0 Å². The van der Waals surface area contributed by atoms with E-state index in [1.807, 2.05) is 17.8 Å². The molecule has 1 aliphatic rings. The van der Waals surface area contributed by atoms with Crippen molar-refractivity contribution < 1.29 is 9.53 Å². The van der Waals surface area contributed by atoms with Crippen molar-refractivity contribution >= 4 is 11.8 Å². The van der Waals surface area contributed by atoms with Gasteiger partial charge in [0.2, 0.25) is 0 Å². The first-order valence-electron chi connectivity index (χ1n) is 8.42. The minimum atomic E-state index is -0.325. The van der Waals surface area contributed by atoms with Crippen LogP contribution in [0.3, 0.4) is 0 Å². The Hall–Kier alpha value is -2.37. The van der Waals surface area contributed by atoms with Gasteiger partial charge in [-0.25, -0.2) is 9.78 Å². The molecule has 0 aliphatic carbocycles. The molecule has 1 atom stereocenters. The third kappa shape index (κ3) is 2.88. The summed E-state index contributed by atoms with van der Waals surface area (Å²) in [5.41, 5.74) is 4.07. The second-order valence-corrected chi connectivity index (χ2v) is 6.19. The van der Waals surface area contributed by atoms with Crippen LogP contribution in [0.1, 0.15) is 53.1 Å². The molecule has 0 aromatic carbocycles. The quantitative estimate of drug-likeness (QED) is 0.808. The van der Waals surface area contributed by atoms with Crippen molar-refractivity contribution in [2.24, 2.45) is 7.05 Å². The number of pyridine rings is 1. The molecule has 24 heavy (non-hydrogen) atoms. The third-order valence-electron chi connectivity index (χ3n) is 4.70. The predicted molar refractivity (Wildman–Crippen MR) is 92.2 cm³/mol. The Morgan fingerprint density at radius 3 is 2.75 bits per heavy atom. The Bertz CT molecular complexity index is 736. The van der Waals surface area contributed by atoms with Gasteiger partial charge in [-0.3, -0.25) is 4.68 Å². The summed E-state index contributed by atoms with van der Waals surface area (Å²) in [6.07, 6.45) is 3.82. The molecule has 6 nitrogen and oxygen atoms in total. The number of nitrogens with zero attached hydrogens (tertiary/aromatic N) is 4. The summed E-state index contributed by atoms with van der Waals surface area (Å²) in [5, 5.41) is 4.55. The molecule has 0 radical (unpaired) electrons. The number of carbonyl (C=O) groups is 1. The molecule has 2 aromatic rings. The van der Waals surface area contributed by atoms with Crippen LogP contribution < -0.4 is 4.90 Å². The Balaban J connectivity index is 1.87. The van der Waals surface area contributed by atoms with Crippen molar-refractivity contribution in [1.29, 1.82) is 0 Å². The number of hydrogen-bond donors (Lipinski definition) is 0. The van der Waals surface area contributed by atoms with Crippen LogP contribution in [0.15, 0.2) is 18.3 Å². The van der Waals surface area contributed by atoms with E-state index in [0.29, 0.717) is 18.2 Å². The third-order valence-corrected chi connectivity index (χ3v) is 4.70. The zero-order chi connectivity index (χ0) is 17.3. The van der Waals surface area contributed by atoms with E-state index < -0.39 is 0 Å². The first-order chi connectivity index (χ1) is 11.5. The molecule has 1 unspecified atom stereocenters. The standard InChI is InChI=1S/C18H24N4O2/c1-5-24-18(23)14-8-9-16(19-11-14)22-10-6-7-15(22)17-12(2)20-21(4)13(17)3/h8-9,11,15H,5-7,10H2,1-4H3. The van der Waals surface area contributed by atoms with Crippen LogP contribution in [0.4, 0.5) is 5.82 Å². The fraction of sp³-hybridized carbons (Fsp3) is 0.500. The molecule has 128 valence electrons. The van der Waals surface area contributed by atoms with E-state index in [1.165, 1.54) is 11.3 Å². The van der Waals surface area contributed by atoms with Crippen LogP contribution in [-0.4, -0.2) is 33.9 Å². The molecule has 0 spiro atoms. The fourth-order valence-electron chi connectivity index (χ4n) is 3.50. The highest BCUT2D eigenvalue weighted by Crippen LogP contribution is 2.37. The van der Waals surface area contributed by atoms with Gasteiger partial charge >= 0.3 is 5.97 Å². The van der Waals surface area contributed by atoms with Gasteiger partial charge in [-0.2, -0.15) is 5.10 Å². The summed E-state index contributed by atoms with van der Waals surface area (Å²) >= 11 is 0. The van der Waals surface area contributed by atoms with Crippen LogP contribution in [-0.2, 0) is 11.8 Å². The minimum Gasteiger partial charge on any atom is -0.462 e. The highest BCUT2D eigenvalue weighted by Gasteiger charge is 2.31. The molecule has 1 fully saturated rings. The predicted octanol–water partition coefficient (Wildman–Crippen LogP) is 2.95. The van der Waals surface area contributed by atoms with Crippen molar-refractivity contribution in [3.8, 4) is 0 Å². The van der Waals surface area contributed by atoms with Crippen molar-refractivity contribution in [3.63, 3.8) is 0 Å². The Labute approximate surface area is 142 Å². The normalized spacial score (nSPS) is 17.3. The summed E-state index contributed by atoms with van der Waals surface area (Å²) < 4.78 is 6.96. The molecule has 3 heterocycles. The molecule has 3 rings (SSSR count). The molecule has 0 bridgehead atoms. The number of rotatable bonds is 4. The van der Waals surface area contributed by atoms with E-state index >= 15 is 0 Å². The van der Waals surface area contributed by atoms with E-state index in [9.17, 15) is 4.79 Å². The summed E-state index contributed by atoms with van der Waals surface area (Å²) in [7, 11) is 1.98. The number of aromatic nitrogens is 3. The van der Waals surface area contributed by atoms with E-state index in [2.05, 4.69) is 28.8 Å². The lowest BCUT2D eigenvalue weighted by atomic mass is 10.0. The van der Waals surface area contributed by atoms with Crippen LogP contribution in [0.25, 0.3) is 0 Å². The molecule has 1 aliphatic heterocycles. The lowest BCUT2D eigenvalue weighted by Crippen LogP contribution is -2.24. The van der Waals surface area contributed by atoms with E-state index in [4.69, 9.17) is 4.74 Å². The van der Waals surface area contributed by atoms with E-state index in [0.717, 1.165) is 30.9 Å². The van der Waals surface area contributed by atoms with Crippen molar-refractivity contribution in [1.82, 2.24) is 14.8 Å². The average molecular weight is 328 g/mol. The topological polar surface area (TPSA) is 60.2 Å². The van der Waals surface area contributed by atoms with E-state index in [1.54, 1.807) is 19.2 Å². The Kier molecular flexibility index (Phi) is 4.55. The Morgan fingerprint density at radius 2 is 2.17 bits per heavy atom. The van der Waals surface area contributed by atoms with Crippen LogP contribution in [0, 0.1) is 13.8 Å². The zero-order valence-electron chi connectivity index (χ0n) is 14.7. The van der Waals surface area contributed by atoms with Gasteiger partial charge in [0.15, 0.2) is 0 Å². The maximum absolute atomic E-state index is 11.8. The van der Waals surface area contributed by atoms with Crippen molar-refractivity contribution in [3.05, 3.63) is 40.8 Å². The SMILES string of the molecule is CCOC(=O)c1ccc(N2CCCC2c2c(C)nn(C)c2C)nc1. The van der Waals surface area contributed by atoms with Gasteiger partial charge in [0.05, 0.1) is 23.9 Å². The van der Waals surface area contributed by atoms with Gasteiger partial charge in [0.1, 0.15) is 5.82 Å². The van der Waals surface area contributed by atoms with Crippen molar-refractivity contribution in [2.45, 2.75) is 39.7 Å². The summed E-state index contributed by atoms with van der Waals surface area (Å²) in [4.78, 5) is 18.6. The smallest absolute Gasteiger partial charge is 0.339 e. The molecular weight excluding hydrogens is 304 g/mol. The van der Waals surface area contributed by atoms with Gasteiger partial charge in [-0.15, -0.1) is 0 Å². The monoisotopic (exact) mass is 328 g/mol. The summed E-state index contributed by atoms with van der Waals surface area (Å²) in [6.45, 7) is 7.31. The number of ether oxygens (including phenoxy) is 1. The lowest BCUT2D eigenvalue weighted by molar-refractivity contribution is 0.0526. The number of carbonyl (C=O) groups excluding carboxylic acids is 1. The van der Waals surface area contributed by atoms with Gasteiger partial charge < -0.3 is 9.64 Å².